The van der Waals surface area contributed by atoms with E-state index in [1.165, 1.54) is 283 Å². The number of hydrogen-bond acceptors (Lipinski definition) is 6. The molecule has 0 aliphatic rings. The first-order chi connectivity index (χ1) is 37.0. The lowest BCUT2D eigenvalue weighted by Crippen LogP contribution is -2.30. The third-order valence-electron chi connectivity index (χ3n) is 15.4. The van der Waals surface area contributed by atoms with Gasteiger partial charge in [-0.1, -0.05) is 315 Å². The number of esters is 3. The second-order valence-corrected chi connectivity index (χ2v) is 23.1. The van der Waals surface area contributed by atoms with Gasteiger partial charge < -0.3 is 14.2 Å². The molecule has 0 bridgehead atoms. The van der Waals surface area contributed by atoms with Crippen LogP contribution in [0.25, 0.3) is 0 Å². The van der Waals surface area contributed by atoms with E-state index in [1.807, 2.05) is 0 Å². The fraction of sp³-hybridized carbons (Fsp3) is 0.899. The third-order valence-corrected chi connectivity index (χ3v) is 15.4. The minimum Gasteiger partial charge on any atom is -0.462 e. The van der Waals surface area contributed by atoms with Crippen molar-refractivity contribution >= 4 is 17.9 Å². The van der Waals surface area contributed by atoms with E-state index < -0.39 is 6.10 Å². The summed E-state index contributed by atoms with van der Waals surface area (Å²) >= 11 is 0. The molecule has 0 aliphatic heterocycles. The first-order valence-corrected chi connectivity index (χ1v) is 33.8. The van der Waals surface area contributed by atoms with Gasteiger partial charge in [0.1, 0.15) is 13.2 Å². The van der Waals surface area contributed by atoms with Crippen molar-refractivity contribution in [3.05, 3.63) is 24.3 Å². The SMILES string of the molecule is CCCCCCCC/C=C\CCCCCCCCCCCCCC(=O)OCC(COC(=O)CCCCCCCCCCCCC/C=C\CCCCCCCC)OC(=O)CCCCCCCCCCCCCCCCC. The Morgan fingerprint density at radius 1 is 0.253 bits per heavy atom. The van der Waals surface area contributed by atoms with Gasteiger partial charge in [0.05, 0.1) is 0 Å². The Balaban J connectivity index is 4.27. The molecule has 0 amide bonds. The predicted octanol–water partition coefficient (Wildman–Crippen LogP) is 23.0. The van der Waals surface area contributed by atoms with Crippen molar-refractivity contribution in [2.24, 2.45) is 0 Å². The molecule has 0 aromatic carbocycles. The van der Waals surface area contributed by atoms with E-state index in [9.17, 15) is 14.4 Å². The van der Waals surface area contributed by atoms with Crippen molar-refractivity contribution in [2.75, 3.05) is 13.2 Å². The van der Waals surface area contributed by atoms with Gasteiger partial charge in [0.15, 0.2) is 6.10 Å². The van der Waals surface area contributed by atoms with Crippen molar-refractivity contribution in [1.82, 2.24) is 0 Å². The van der Waals surface area contributed by atoms with Crippen molar-refractivity contribution < 1.29 is 28.6 Å². The molecular weight excluding hydrogens is 925 g/mol. The summed E-state index contributed by atoms with van der Waals surface area (Å²) in [6, 6.07) is 0. The topological polar surface area (TPSA) is 78.9 Å². The zero-order valence-corrected chi connectivity index (χ0v) is 50.8. The van der Waals surface area contributed by atoms with Gasteiger partial charge in [-0.3, -0.25) is 14.4 Å². The van der Waals surface area contributed by atoms with Crippen molar-refractivity contribution in [1.29, 1.82) is 0 Å². The van der Waals surface area contributed by atoms with E-state index in [2.05, 4.69) is 45.1 Å². The average molecular weight is 1060 g/mol. The molecule has 0 atom stereocenters. The zero-order valence-electron chi connectivity index (χ0n) is 50.8. The summed E-state index contributed by atoms with van der Waals surface area (Å²) < 4.78 is 17.0. The first kappa shape index (κ1) is 72.9. The Bertz CT molecular complexity index is 1140. The highest BCUT2D eigenvalue weighted by Crippen LogP contribution is 2.18. The molecule has 0 unspecified atom stereocenters. The maximum atomic E-state index is 12.9. The minimum atomic E-state index is -0.769. The number of carbonyl (C=O) groups is 3. The summed E-state index contributed by atoms with van der Waals surface area (Å²) in [7, 11) is 0. The number of ether oxygens (including phenoxy) is 3. The molecule has 0 saturated heterocycles. The van der Waals surface area contributed by atoms with Crippen LogP contribution in [0.2, 0.25) is 0 Å². The molecule has 0 N–H and O–H groups in total. The first-order valence-electron chi connectivity index (χ1n) is 33.8. The van der Waals surface area contributed by atoms with Crippen molar-refractivity contribution in [2.45, 2.75) is 386 Å². The molecular formula is C69H130O6. The normalized spacial score (nSPS) is 11.7. The second kappa shape index (κ2) is 64.4. The fourth-order valence-electron chi connectivity index (χ4n) is 10.3. The Morgan fingerprint density at radius 3 is 0.667 bits per heavy atom. The highest BCUT2D eigenvalue weighted by Gasteiger charge is 2.19. The van der Waals surface area contributed by atoms with Gasteiger partial charge >= 0.3 is 17.9 Å². The van der Waals surface area contributed by atoms with Crippen LogP contribution in [0.4, 0.5) is 0 Å². The Labute approximate surface area is 468 Å². The summed E-state index contributed by atoms with van der Waals surface area (Å²) in [5.74, 6) is -0.837. The standard InChI is InChI=1S/C69H130O6/c1-4-7-10-13-16-19-22-25-28-30-32-34-36-38-41-43-46-49-52-55-58-61-67(70)73-64-66(75-69(72)63-60-57-54-51-48-45-40-27-24-21-18-15-12-9-6-3)65-74-68(71)62-59-56-53-50-47-44-42-39-37-35-33-31-29-26-23-20-17-14-11-8-5-2/h25-26,28-29,66H,4-24,27,30-65H2,1-3H3/b28-25-,29-26-. The molecule has 0 spiro atoms. The minimum absolute atomic E-state index is 0.0661. The van der Waals surface area contributed by atoms with Crippen LogP contribution in [0.15, 0.2) is 24.3 Å². The maximum Gasteiger partial charge on any atom is 0.306 e. The molecule has 6 heteroatoms. The van der Waals surface area contributed by atoms with Crippen molar-refractivity contribution in [3.63, 3.8) is 0 Å². The average Bonchev–Trinajstić information content (AvgIpc) is 3.41. The molecule has 0 radical (unpaired) electrons. The van der Waals surface area contributed by atoms with Crippen molar-refractivity contribution in [3.8, 4) is 0 Å². The largest absolute Gasteiger partial charge is 0.462 e. The number of hydrogen-bond donors (Lipinski definition) is 0. The van der Waals surface area contributed by atoms with Gasteiger partial charge in [-0.25, -0.2) is 0 Å². The summed E-state index contributed by atoms with van der Waals surface area (Å²) in [5, 5.41) is 0. The van der Waals surface area contributed by atoms with E-state index >= 15 is 0 Å². The second-order valence-electron chi connectivity index (χ2n) is 23.1. The number of rotatable bonds is 63. The molecule has 0 saturated carbocycles. The van der Waals surface area contributed by atoms with E-state index in [4.69, 9.17) is 14.2 Å². The van der Waals surface area contributed by atoms with E-state index in [-0.39, 0.29) is 31.1 Å². The fourth-order valence-corrected chi connectivity index (χ4v) is 10.3. The molecule has 0 heterocycles. The lowest BCUT2D eigenvalue weighted by Gasteiger charge is -2.18. The van der Waals surface area contributed by atoms with Gasteiger partial charge in [0.2, 0.25) is 0 Å². The summed E-state index contributed by atoms with van der Waals surface area (Å²) in [6.07, 6.45) is 77.6. The van der Waals surface area contributed by atoms with Crippen LogP contribution in [0, 0.1) is 0 Å². The molecule has 0 fully saturated rings. The lowest BCUT2D eigenvalue weighted by molar-refractivity contribution is -0.167. The van der Waals surface area contributed by atoms with Crippen LogP contribution in [0.5, 0.6) is 0 Å². The summed E-state index contributed by atoms with van der Waals surface area (Å²) in [4.78, 5) is 38.4. The highest BCUT2D eigenvalue weighted by molar-refractivity contribution is 5.71. The van der Waals surface area contributed by atoms with Crippen LogP contribution < -0.4 is 0 Å². The Morgan fingerprint density at radius 2 is 0.440 bits per heavy atom. The number of allylic oxidation sites excluding steroid dienone is 4. The molecule has 0 aliphatic carbocycles. The van der Waals surface area contributed by atoms with Gasteiger partial charge in [-0.05, 0) is 70.6 Å². The van der Waals surface area contributed by atoms with Crippen LogP contribution in [-0.2, 0) is 28.6 Å². The number of unbranched alkanes of at least 4 members (excludes halogenated alkanes) is 48. The molecule has 75 heavy (non-hydrogen) atoms. The predicted molar refractivity (Wildman–Crippen MR) is 326 cm³/mol. The highest BCUT2D eigenvalue weighted by atomic mass is 16.6. The Kier molecular flexibility index (Phi) is 62.6. The zero-order chi connectivity index (χ0) is 54.3. The van der Waals surface area contributed by atoms with E-state index in [0.29, 0.717) is 19.3 Å². The van der Waals surface area contributed by atoms with Crippen LogP contribution in [0.3, 0.4) is 0 Å². The molecule has 0 aromatic heterocycles. The maximum absolute atomic E-state index is 12.9. The molecule has 442 valence electrons. The van der Waals surface area contributed by atoms with Gasteiger partial charge in [-0.15, -0.1) is 0 Å². The summed E-state index contributed by atoms with van der Waals surface area (Å²) in [6.45, 7) is 6.71. The van der Waals surface area contributed by atoms with Crippen LogP contribution in [0.1, 0.15) is 380 Å². The number of carbonyl (C=O) groups excluding carboxylic acids is 3. The van der Waals surface area contributed by atoms with Gasteiger partial charge in [-0.2, -0.15) is 0 Å². The third kappa shape index (κ3) is 62.6. The smallest absolute Gasteiger partial charge is 0.306 e. The molecule has 6 nitrogen and oxygen atoms in total. The lowest BCUT2D eigenvalue weighted by atomic mass is 10.0. The van der Waals surface area contributed by atoms with Gasteiger partial charge in [0, 0.05) is 19.3 Å². The monoisotopic (exact) mass is 1050 g/mol. The van der Waals surface area contributed by atoms with Crippen LogP contribution in [-0.4, -0.2) is 37.2 Å². The van der Waals surface area contributed by atoms with E-state index in [0.717, 1.165) is 57.8 Å². The van der Waals surface area contributed by atoms with E-state index in [1.54, 1.807) is 0 Å². The molecule has 0 aromatic rings. The summed E-state index contributed by atoms with van der Waals surface area (Å²) in [5.41, 5.74) is 0. The van der Waals surface area contributed by atoms with Crippen LogP contribution >= 0.6 is 0 Å². The molecule has 0 rings (SSSR count). The van der Waals surface area contributed by atoms with Gasteiger partial charge in [0.25, 0.3) is 0 Å². The quantitative estimate of drug-likeness (QED) is 0.0261. The Hall–Kier alpha value is -2.11.